The lowest BCUT2D eigenvalue weighted by atomic mass is 9.98. The molecule has 0 spiro atoms. The molecule has 0 atom stereocenters. The van der Waals surface area contributed by atoms with E-state index in [1.54, 1.807) is 43.4 Å². The molecule has 0 fully saturated rings. The van der Waals surface area contributed by atoms with Crippen LogP contribution in [0.4, 0.5) is 0 Å². The zero-order valence-corrected chi connectivity index (χ0v) is 17.9. The highest BCUT2D eigenvalue weighted by Gasteiger charge is 2.15. The van der Waals surface area contributed by atoms with E-state index >= 15 is 0 Å². The standard InChI is InChI=1S/C26H19ClN2O2/c1-3-4-6-17-7-5-8-19(13-17)22-15-24(30)29(2)26-23(22)14-20(16-28-26)25(31)18-9-11-21(27)12-10-18/h5,7-16H,3H2,1-2H3. The summed E-state index contributed by atoms with van der Waals surface area (Å²) in [5.41, 5.74) is 3.75. The number of benzene rings is 2. The maximum atomic E-state index is 13.0. The van der Waals surface area contributed by atoms with E-state index in [-0.39, 0.29) is 11.3 Å². The Balaban J connectivity index is 1.90. The van der Waals surface area contributed by atoms with E-state index in [9.17, 15) is 9.59 Å². The van der Waals surface area contributed by atoms with Crippen molar-refractivity contribution in [3.05, 3.63) is 98.9 Å². The zero-order chi connectivity index (χ0) is 22.0. The number of carbonyl (C=O) groups excluding carboxylic acids is 1. The predicted molar refractivity (Wildman–Crippen MR) is 124 cm³/mol. The molecule has 2 aromatic heterocycles. The van der Waals surface area contributed by atoms with Crippen molar-refractivity contribution in [2.45, 2.75) is 13.3 Å². The molecule has 2 aromatic carbocycles. The minimum atomic E-state index is -0.170. The molecule has 4 aromatic rings. The topological polar surface area (TPSA) is 52.0 Å². The number of aromatic nitrogens is 2. The van der Waals surface area contributed by atoms with Crippen molar-refractivity contribution >= 4 is 28.4 Å². The highest BCUT2D eigenvalue weighted by atomic mass is 35.5. The first-order valence-electron chi connectivity index (χ1n) is 9.87. The van der Waals surface area contributed by atoms with Gasteiger partial charge in [-0.1, -0.05) is 42.5 Å². The molecule has 0 aliphatic carbocycles. The first-order chi connectivity index (χ1) is 15.0. The van der Waals surface area contributed by atoms with E-state index in [2.05, 4.69) is 16.8 Å². The van der Waals surface area contributed by atoms with Crippen LogP contribution in [0.1, 0.15) is 34.8 Å². The number of ketones is 1. The van der Waals surface area contributed by atoms with Crippen molar-refractivity contribution in [3.8, 4) is 23.0 Å². The molecule has 5 heteroatoms. The number of rotatable bonds is 3. The molecule has 152 valence electrons. The minimum Gasteiger partial charge on any atom is -0.296 e. The smallest absolute Gasteiger partial charge is 0.252 e. The van der Waals surface area contributed by atoms with E-state index < -0.39 is 0 Å². The van der Waals surface area contributed by atoms with Gasteiger partial charge in [0.25, 0.3) is 5.56 Å². The van der Waals surface area contributed by atoms with Gasteiger partial charge in [-0.15, -0.1) is 0 Å². The van der Waals surface area contributed by atoms with Crippen molar-refractivity contribution in [2.24, 2.45) is 7.05 Å². The Morgan fingerprint density at radius 2 is 1.84 bits per heavy atom. The summed E-state index contributed by atoms with van der Waals surface area (Å²) < 4.78 is 1.48. The summed E-state index contributed by atoms with van der Waals surface area (Å²) in [4.78, 5) is 30.0. The number of hydrogen-bond donors (Lipinski definition) is 0. The average molecular weight is 427 g/mol. The third-order valence-corrected chi connectivity index (χ3v) is 5.28. The summed E-state index contributed by atoms with van der Waals surface area (Å²) >= 11 is 5.94. The summed E-state index contributed by atoms with van der Waals surface area (Å²) in [7, 11) is 1.67. The van der Waals surface area contributed by atoms with Crippen LogP contribution >= 0.6 is 11.6 Å². The fourth-order valence-electron chi connectivity index (χ4n) is 3.41. The van der Waals surface area contributed by atoms with Crippen molar-refractivity contribution in [1.29, 1.82) is 0 Å². The van der Waals surface area contributed by atoms with E-state index in [0.29, 0.717) is 21.8 Å². The maximum Gasteiger partial charge on any atom is 0.252 e. The number of carbonyl (C=O) groups is 1. The van der Waals surface area contributed by atoms with Crippen LogP contribution in [0.25, 0.3) is 22.2 Å². The van der Waals surface area contributed by atoms with Gasteiger partial charge in [-0.2, -0.15) is 0 Å². The fraction of sp³-hybridized carbons (Fsp3) is 0.115. The molecule has 0 saturated carbocycles. The second kappa shape index (κ2) is 8.59. The van der Waals surface area contributed by atoms with Crippen LogP contribution in [-0.4, -0.2) is 15.3 Å². The van der Waals surface area contributed by atoms with Crippen LogP contribution in [0.2, 0.25) is 5.02 Å². The number of halogens is 1. The molecule has 0 bridgehead atoms. The SMILES string of the molecule is CCC#Cc1cccc(-c2cc(=O)n(C)c3ncc(C(=O)c4ccc(Cl)cc4)cc23)c1. The van der Waals surface area contributed by atoms with Crippen LogP contribution in [0.15, 0.2) is 71.7 Å². The normalized spacial score (nSPS) is 10.5. The van der Waals surface area contributed by atoms with Crippen LogP contribution < -0.4 is 5.56 Å². The van der Waals surface area contributed by atoms with Crippen LogP contribution in [0.5, 0.6) is 0 Å². The molecule has 31 heavy (non-hydrogen) atoms. The van der Waals surface area contributed by atoms with E-state index in [1.807, 2.05) is 31.2 Å². The first kappa shape index (κ1) is 20.6. The van der Waals surface area contributed by atoms with Crippen LogP contribution in [-0.2, 0) is 7.05 Å². The molecular formula is C26H19ClN2O2. The number of fused-ring (bicyclic) bond motifs is 1. The summed E-state index contributed by atoms with van der Waals surface area (Å²) in [6, 6.07) is 17.8. The Morgan fingerprint density at radius 3 is 2.58 bits per heavy atom. The largest absolute Gasteiger partial charge is 0.296 e. The number of pyridine rings is 2. The van der Waals surface area contributed by atoms with Gasteiger partial charge in [0, 0.05) is 52.8 Å². The van der Waals surface area contributed by atoms with Crippen molar-refractivity contribution < 1.29 is 4.79 Å². The van der Waals surface area contributed by atoms with Crippen molar-refractivity contribution in [3.63, 3.8) is 0 Å². The summed E-state index contributed by atoms with van der Waals surface area (Å²) in [6.45, 7) is 2.00. The molecule has 0 radical (unpaired) electrons. The Hall–Kier alpha value is -3.68. The number of nitrogens with zero attached hydrogens (tertiary/aromatic N) is 2. The van der Waals surface area contributed by atoms with E-state index in [1.165, 1.54) is 10.8 Å². The molecule has 0 saturated heterocycles. The van der Waals surface area contributed by atoms with Crippen LogP contribution in [0.3, 0.4) is 0 Å². The molecule has 0 amide bonds. The van der Waals surface area contributed by atoms with Gasteiger partial charge in [-0.3, -0.25) is 14.2 Å². The van der Waals surface area contributed by atoms with Gasteiger partial charge in [0.15, 0.2) is 5.78 Å². The Labute approximate surface area is 185 Å². The van der Waals surface area contributed by atoms with Gasteiger partial charge >= 0.3 is 0 Å². The highest BCUT2D eigenvalue weighted by Crippen LogP contribution is 2.28. The zero-order valence-electron chi connectivity index (χ0n) is 17.1. The molecule has 2 heterocycles. The molecule has 0 N–H and O–H groups in total. The molecule has 0 unspecified atom stereocenters. The van der Waals surface area contributed by atoms with Crippen molar-refractivity contribution in [2.75, 3.05) is 0 Å². The molecule has 4 nitrogen and oxygen atoms in total. The van der Waals surface area contributed by atoms with Crippen LogP contribution in [0, 0.1) is 11.8 Å². The second-order valence-corrected chi connectivity index (χ2v) is 7.56. The summed E-state index contributed by atoms with van der Waals surface area (Å²) in [5.74, 6) is 6.03. The summed E-state index contributed by atoms with van der Waals surface area (Å²) in [5, 5.41) is 1.29. The number of hydrogen-bond acceptors (Lipinski definition) is 3. The summed E-state index contributed by atoms with van der Waals surface area (Å²) in [6.07, 6.45) is 2.27. The monoisotopic (exact) mass is 426 g/mol. The van der Waals surface area contributed by atoms with Gasteiger partial charge in [0.2, 0.25) is 0 Å². The third-order valence-electron chi connectivity index (χ3n) is 5.02. The predicted octanol–water partition coefficient (Wildman–Crippen LogP) is 5.25. The molecule has 0 aliphatic rings. The fourth-order valence-corrected chi connectivity index (χ4v) is 3.54. The Bertz CT molecular complexity index is 1420. The number of aryl methyl sites for hydroxylation is 1. The van der Waals surface area contributed by atoms with Gasteiger partial charge in [0.05, 0.1) is 0 Å². The average Bonchev–Trinajstić information content (AvgIpc) is 2.80. The van der Waals surface area contributed by atoms with Crippen molar-refractivity contribution in [1.82, 2.24) is 9.55 Å². The lowest BCUT2D eigenvalue weighted by Gasteiger charge is -2.11. The van der Waals surface area contributed by atoms with E-state index in [0.717, 1.165) is 28.5 Å². The quantitative estimate of drug-likeness (QED) is 0.332. The highest BCUT2D eigenvalue weighted by molar-refractivity contribution is 6.30. The molecule has 0 aliphatic heterocycles. The molecular weight excluding hydrogens is 408 g/mol. The van der Waals surface area contributed by atoms with Gasteiger partial charge in [0.1, 0.15) is 5.65 Å². The molecule has 4 rings (SSSR count). The lowest BCUT2D eigenvalue weighted by molar-refractivity contribution is 0.103. The third kappa shape index (κ3) is 4.14. The van der Waals surface area contributed by atoms with Gasteiger partial charge in [-0.25, -0.2) is 4.98 Å². The first-order valence-corrected chi connectivity index (χ1v) is 10.2. The Kier molecular flexibility index (Phi) is 5.70. The Morgan fingerprint density at radius 1 is 1.06 bits per heavy atom. The van der Waals surface area contributed by atoms with Gasteiger partial charge < -0.3 is 0 Å². The van der Waals surface area contributed by atoms with E-state index in [4.69, 9.17) is 11.6 Å². The maximum absolute atomic E-state index is 13.0. The van der Waals surface area contributed by atoms with Gasteiger partial charge in [-0.05, 0) is 53.6 Å². The lowest BCUT2D eigenvalue weighted by Crippen LogP contribution is -2.17. The minimum absolute atomic E-state index is 0.159. The second-order valence-electron chi connectivity index (χ2n) is 7.12.